The average Bonchev–Trinajstić information content (AvgIpc) is 2.47. The van der Waals surface area contributed by atoms with Crippen LogP contribution in [0.15, 0.2) is 30.6 Å². The summed E-state index contributed by atoms with van der Waals surface area (Å²) in [6.45, 7) is 5.95. The van der Waals surface area contributed by atoms with Gasteiger partial charge in [-0.05, 0) is 38.5 Å². The molecule has 0 radical (unpaired) electrons. The zero-order chi connectivity index (χ0) is 16.1. The lowest BCUT2D eigenvalue weighted by atomic mass is 10.2. The fraction of sp³-hybridized carbons (Fsp3) is 0.312. The van der Waals surface area contributed by atoms with E-state index in [2.05, 4.69) is 20.6 Å². The standard InChI is InChI=1S/C16H20N4O2/c1-10(2)19-15-8-13(17-9-18-15)16(21)20-12-7-11(3)5-6-14(12)22-4/h5-10H,1-4H3,(H,20,21)(H,17,18,19). The fourth-order valence-electron chi connectivity index (χ4n) is 1.96. The van der Waals surface area contributed by atoms with Crippen molar-refractivity contribution in [3.05, 3.63) is 41.9 Å². The van der Waals surface area contributed by atoms with E-state index in [-0.39, 0.29) is 11.9 Å². The van der Waals surface area contributed by atoms with Crippen molar-refractivity contribution in [2.45, 2.75) is 26.8 Å². The second-order valence-electron chi connectivity index (χ2n) is 5.25. The molecule has 0 aliphatic heterocycles. The molecule has 22 heavy (non-hydrogen) atoms. The van der Waals surface area contributed by atoms with Gasteiger partial charge in [0.25, 0.3) is 5.91 Å². The average molecular weight is 300 g/mol. The molecule has 6 heteroatoms. The number of carbonyl (C=O) groups is 1. The summed E-state index contributed by atoms with van der Waals surface area (Å²) < 4.78 is 5.25. The first-order valence-corrected chi connectivity index (χ1v) is 7.04. The summed E-state index contributed by atoms with van der Waals surface area (Å²) in [4.78, 5) is 20.5. The SMILES string of the molecule is COc1ccc(C)cc1NC(=O)c1cc(NC(C)C)ncn1. The summed E-state index contributed by atoms with van der Waals surface area (Å²) >= 11 is 0. The molecule has 0 atom stereocenters. The van der Waals surface area contributed by atoms with Gasteiger partial charge in [0.05, 0.1) is 12.8 Å². The van der Waals surface area contributed by atoms with E-state index in [0.717, 1.165) is 5.56 Å². The first-order chi connectivity index (χ1) is 10.5. The van der Waals surface area contributed by atoms with Crippen molar-refractivity contribution in [1.82, 2.24) is 9.97 Å². The van der Waals surface area contributed by atoms with E-state index in [9.17, 15) is 4.79 Å². The summed E-state index contributed by atoms with van der Waals surface area (Å²) in [5.41, 5.74) is 1.94. The number of hydrogen-bond acceptors (Lipinski definition) is 5. The summed E-state index contributed by atoms with van der Waals surface area (Å²) in [6, 6.07) is 7.44. The van der Waals surface area contributed by atoms with Crippen molar-refractivity contribution >= 4 is 17.4 Å². The molecule has 0 saturated heterocycles. The Balaban J connectivity index is 2.20. The van der Waals surface area contributed by atoms with Gasteiger partial charge in [0.1, 0.15) is 23.6 Å². The third kappa shape index (κ3) is 3.94. The number of rotatable bonds is 5. The Bertz CT molecular complexity index is 671. The molecular formula is C16H20N4O2. The number of hydrogen-bond donors (Lipinski definition) is 2. The maximum absolute atomic E-state index is 12.3. The van der Waals surface area contributed by atoms with Crippen LogP contribution in [0.1, 0.15) is 29.9 Å². The van der Waals surface area contributed by atoms with Crippen LogP contribution in [0, 0.1) is 6.92 Å². The van der Waals surface area contributed by atoms with Crippen LogP contribution in [-0.4, -0.2) is 29.0 Å². The van der Waals surface area contributed by atoms with Crippen molar-refractivity contribution < 1.29 is 9.53 Å². The molecule has 2 N–H and O–H groups in total. The zero-order valence-corrected chi connectivity index (χ0v) is 13.2. The molecule has 116 valence electrons. The van der Waals surface area contributed by atoms with Gasteiger partial charge in [-0.25, -0.2) is 9.97 Å². The Morgan fingerprint density at radius 3 is 2.68 bits per heavy atom. The smallest absolute Gasteiger partial charge is 0.274 e. The zero-order valence-electron chi connectivity index (χ0n) is 13.2. The number of carbonyl (C=O) groups excluding carboxylic acids is 1. The minimum atomic E-state index is -0.307. The van der Waals surface area contributed by atoms with E-state index in [1.54, 1.807) is 13.2 Å². The molecular weight excluding hydrogens is 280 g/mol. The Morgan fingerprint density at radius 1 is 1.23 bits per heavy atom. The molecule has 1 aromatic carbocycles. The third-order valence-electron chi connectivity index (χ3n) is 2.94. The van der Waals surface area contributed by atoms with E-state index in [1.165, 1.54) is 6.33 Å². The highest BCUT2D eigenvalue weighted by Crippen LogP contribution is 2.25. The molecule has 0 aliphatic rings. The van der Waals surface area contributed by atoms with Crippen LogP contribution < -0.4 is 15.4 Å². The highest BCUT2D eigenvalue weighted by molar-refractivity contribution is 6.04. The van der Waals surface area contributed by atoms with Gasteiger partial charge in [-0.3, -0.25) is 4.79 Å². The molecule has 1 aromatic heterocycles. The molecule has 1 amide bonds. The number of methoxy groups -OCH3 is 1. The van der Waals surface area contributed by atoms with E-state index in [1.807, 2.05) is 39.0 Å². The lowest BCUT2D eigenvalue weighted by molar-refractivity contribution is 0.102. The fourth-order valence-corrected chi connectivity index (χ4v) is 1.96. The normalized spacial score (nSPS) is 10.4. The van der Waals surface area contributed by atoms with Crippen LogP contribution in [0.3, 0.4) is 0 Å². The van der Waals surface area contributed by atoms with E-state index < -0.39 is 0 Å². The summed E-state index contributed by atoms with van der Waals surface area (Å²) in [5.74, 6) is 0.915. The van der Waals surface area contributed by atoms with Gasteiger partial charge in [0.15, 0.2) is 0 Å². The Hall–Kier alpha value is -2.63. The highest BCUT2D eigenvalue weighted by atomic mass is 16.5. The van der Waals surface area contributed by atoms with Gasteiger partial charge in [-0.1, -0.05) is 6.07 Å². The first kappa shape index (κ1) is 15.8. The minimum Gasteiger partial charge on any atom is -0.495 e. The van der Waals surface area contributed by atoms with Gasteiger partial charge >= 0.3 is 0 Å². The second kappa shape index (κ2) is 6.89. The topological polar surface area (TPSA) is 76.1 Å². The molecule has 2 aromatic rings. The monoisotopic (exact) mass is 300 g/mol. The summed E-state index contributed by atoms with van der Waals surface area (Å²) in [6.07, 6.45) is 1.37. The molecule has 0 spiro atoms. The number of aromatic nitrogens is 2. The molecule has 0 bridgehead atoms. The molecule has 0 unspecified atom stereocenters. The van der Waals surface area contributed by atoms with Gasteiger partial charge in [-0.15, -0.1) is 0 Å². The third-order valence-corrected chi connectivity index (χ3v) is 2.94. The van der Waals surface area contributed by atoms with E-state index >= 15 is 0 Å². The Labute approximate surface area is 129 Å². The van der Waals surface area contributed by atoms with Crippen molar-refractivity contribution in [3.63, 3.8) is 0 Å². The predicted octanol–water partition coefficient (Wildman–Crippen LogP) is 2.87. The first-order valence-electron chi connectivity index (χ1n) is 7.04. The second-order valence-corrected chi connectivity index (χ2v) is 5.25. The van der Waals surface area contributed by atoms with Crippen LogP contribution in [0.5, 0.6) is 5.75 Å². The number of anilines is 2. The van der Waals surface area contributed by atoms with Crippen molar-refractivity contribution in [2.75, 3.05) is 17.7 Å². The predicted molar refractivity (Wildman–Crippen MR) is 86.5 cm³/mol. The maximum atomic E-state index is 12.3. The Kier molecular flexibility index (Phi) is 4.93. The van der Waals surface area contributed by atoms with Crippen LogP contribution in [0.4, 0.5) is 11.5 Å². The number of ether oxygens (including phenoxy) is 1. The van der Waals surface area contributed by atoms with Crippen molar-refractivity contribution in [2.24, 2.45) is 0 Å². The number of nitrogens with one attached hydrogen (secondary N) is 2. The van der Waals surface area contributed by atoms with E-state index in [4.69, 9.17) is 4.74 Å². The minimum absolute atomic E-state index is 0.225. The summed E-state index contributed by atoms with van der Waals surface area (Å²) in [7, 11) is 1.57. The van der Waals surface area contributed by atoms with Crippen LogP contribution in [0.25, 0.3) is 0 Å². The summed E-state index contributed by atoms with van der Waals surface area (Å²) in [5, 5.41) is 5.96. The van der Waals surface area contributed by atoms with Crippen molar-refractivity contribution in [3.8, 4) is 5.75 Å². The van der Waals surface area contributed by atoms with Gasteiger partial charge < -0.3 is 15.4 Å². The van der Waals surface area contributed by atoms with Gasteiger partial charge in [0.2, 0.25) is 0 Å². The molecule has 2 rings (SSSR count). The van der Waals surface area contributed by atoms with E-state index in [0.29, 0.717) is 22.9 Å². The molecule has 0 saturated carbocycles. The van der Waals surface area contributed by atoms with Crippen LogP contribution in [-0.2, 0) is 0 Å². The number of nitrogens with zero attached hydrogens (tertiary/aromatic N) is 2. The molecule has 6 nitrogen and oxygen atoms in total. The number of aryl methyl sites for hydroxylation is 1. The van der Waals surface area contributed by atoms with Gasteiger partial charge in [-0.2, -0.15) is 0 Å². The molecule has 0 fully saturated rings. The van der Waals surface area contributed by atoms with Gasteiger partial charge in [0, 0.05) is 12.1 Å². The maximum Gasteiger partial charge on any atom is 0.274 e. The lowest BCUT2D eigenvalue weighted by Crippen LogP contribution is -2.17. The molecule has 0 aliphatic carbocycles. The molecule has 1 heterocycles. The number of benzene rings is 1. The number of amides is 1. The quantitative estimate of drug-likeness (QED) is 0.888. The van der Waals surface area contributed by atoms with Crippen LogP contribution >= 0.6 is 0 Å². The highest BCUT2D eigenvalue weighted by Gasteiger charge is 2.12. The largest absolute Gasteiger partial charge is 0.495 e. The van der Waals surface area contributed by atoms with Crippen molar-refractivity contribution in [1.29, 1.82) is 0 Å². The Morgan fingerprint density at radius 2 is 2.00 bits per heavy atom. The lowest BCUT2D eigenvalue weighted by Gasteiger charge is -2.12. The van der Waals surface area contributed by atoms with Crippen LogP contribution in [0.2, 0.25) is 0 Å².